The number of halogens is 5. The molecule has 0 amide bonds. The second-order valence-electron chi connectivity index (χ2n) is 5.20. The van der Waals surface area contributed by atoms with E-state index in [0.717, 1.165) is 0 Å². The topological polar surface area (TPSA) is 33.0 Å². The van der Waals surface area contributed by atoms with Crippen LogP contribution in [0.4, 0.5) is 22.0 Å². The number of hydrogen-bond donors (Lipinski definition) is 0. The summed E-state index contributed by atoms with van der Waals surface area (Å²) >= 11 is 0. The Bertz CT molecular complexity index is 536. The van der Waals surface area contributed by atoms with Gasteiger partial charge in [-0.1, -0.05) is 0 Å². The van der Waals surface area contributed by atoms with Crippen LogP contribution in [0.2, 0.25) is 0 Å². The highest BCUT2D eigenvalue weighted by molar-refractivity contribution is 5.29. The van der Waals surface area contributed by atoms with Crippen molar-refractivity contribution in [3.05, 3.63) is 29.1 Å². The molecular weight excluding hydrogens is 293 g/mol. The van der Waals surface area contributed by atoms with Crippen LogP contribution in [0.1, 0.15) is 33.1 Å². The summed E-state index contributed by atoms with van der Waals surface area (Å²) in [5, 5.41) is 8.79. The average Bonchev–Trinajstić information content (AvgIpc) is 2.46. The smallest absolute Gasteiger partial charge is 0.206 e. The zero-order valence-corrected chi connectivity index (χ0v) is 11.6. The molecule has 0 spiro atoms. The number of rotatable bonds is 6. The molecule has 0 radical (unpaired) electrons. The van der Waals surface area contributed by atoms with Gasteiger partial charge >= 0.3 is 0 Å². The molecule has 0 aliphatic carbocycles. The Morgan fingerprint density at radius 2 is 1.38 bits per heavy atom. The summed E-state index contributed by atoms with van der Waals surface area (Å²) in [5.41, 5.74) is -0.537. The summed E-state index contributed by atoms with van der Waals surface area (Å²) in [4.78, 5) is 0. The van der Waals surface area contributed by atoms with Gasteiger partial charge in [0, 0.05) is 0 Å². The Balaban J connectivity index is 2.64. The minimum absolute atomic E-state index is 0.208. The van der Waals surface area contributed by atoms with E-state index in [9.17, 15) is 22.0 Å². The molecule has 2 nitrogen and oxygen atoms in total. The van der Waals surface area contributed by atoms with E-state index in [1.54, 1.807) is 13.8 Å². The first-order valence-corrected chi connectivity index (χ1v) is 6.26. The first kappa shape index (κ1) is 17.2. The van der Waals surface area contributed by atoms with Crippen LogP contribution in [0.3, 0.4) is 0 Å². The highest BCUT2D eigenvalue weighted by Crippen LogP contribution is 2.29. The van der Waals surface area contributed by atoms with E-state index in [1.807, 2.05) is 0 Å². The van der Waals surface area contributed by atoms with Crippen LogP contribution in [-0.2, 0) is 0 Å². The summed E-state index contributed by atoms with van der Waals surface area (Å²) in [6, 6.07) is 2.09. The zero-order valence-electron chi connectivity index (χ0n) is 11.6. The summed E-state index contributed by atoms with van der Waals surface area (Å²) in [7, 11) is 0. The van der Waals surface area contributed by atoms with Crippen LogP contribution in [0, 0.1) is 45.8 Å². The Morgan fingerprint density at radius 3 is 1.86 bits per heavy atom. The molecule has 0 atom stereocenters. The van der Waals surface area contributed by atoms with Crippen molar-refractivity contribution in [1.29, 1.82) is 5.26 Å². The second kappa shape index (κ2) is 6.74. The van der Waals surface area contributed by atoms with Gasteiger partial charge in [-0.2, -0.15) is 14.0 Å². The Labute approximate surface area is 119 Å². The predicted octanol–water partition coefficient (Wildman–Crippen LogP) is 4.48. The number of unbranched alkanes of at least 4 members (excludes halogenated alkanes) is 1. The van der Waals surface area contributed by atoms with Crippen molar-refractivity contribution in [2.75, 3.05) is 6.61 Å². The number of nitrogens with zero attached hydrogens (tertiary/aromatic N) is 1. The Morgan fingerprint density at radius 1 is 0.905 bits per heavy atom. The highest BCUT2D eigenvalue weighted by atomic mass is 19.2. The lowest BCUT2D eigenvalue weighted by Gasteiger charge is -2.14. The van der Waals surface area contributed by atoms with Crippen molar-refractivity contribution < 1.29 is 26.7 Å². The fourth-order valence-electron chi connectivity index (χ4n) is 1.61. The van der Waals surface area contributed by atoms with Crippen LogP contribution in [0.5, 0.6) is 5.75 Å². The van der Waals surface area contributed by atoms with Gasteiger partial charge in [-0.05, 0) is 33.1 Å². The van der Waals surface area contributed by atoms with Crippen molar-refractivity contribution >= 4 is 0 Å². The van der Waals surface area contributed by atoms with Crippen LogP contribution in [0.15, 0.2) is 0 Å². The van der Waals surface area contributed by atoms with Gasteiger partial charge < -0.3 is 4.74 Å². The van der Waals surface area contributed by atoms with E-state index >= 15 is 0 Å². The van der Waals surface area contributed by atoms with Crippen molar-refractivity contribution in [2.24, 2.45) is 5.41 Å². The molecule has 1 aromatic carbocycles. The third kappa shape index (κ3) is 4.06. The molecule has 0 saturated carbocycles. The monoisotopic (exact) mass is 307 g/mol. The van der Waals surface area contributed by atoms with Gasteiger partial charge in [-0.15, -0.1) is 0 Å². The maximum atomic E-state index is 13.3. The molecule has 0 aromatic heterocycles. The Hall–Kier alpha value is -1.84. The van der Waals surface area contributed by atoms with Crippen molar-refractivity contribution in [3.63, 3.8) is 0 Å². The lowest BCUT2D eigenvalue weighted by Crippen LogP contribution is -2.10. The maximum absolute atomic E-state index is 13.3. The van der Waals surface area contributed by atoms with E-state index in [-0.39, 0.29) is 6.61 Å². The quantitative estimate of drug-likeness (QED) is 0.336. The number of ether oxygens (including phenoxy) is 1. The second-order valence-corrected chi connectivity index (χ2v) is 5.20. The minimum atomic E-state index is -2.21. The van der Waals surface area contributed by atoms with Crippen LogP contribution >= 0.6 is 0 Å². The minimum Gasteiger partial charge on any atom is -0.487 e. The summed E-state index contributed by atoms with van der Waals surface area (Å²) in [6.07, 6.45) is 1.38. The van der Waals surface area contributed by atoms with Gasteiger partial charge in [0.1, 0.15) is 0 Å². The lowest BCUT2D eigenvalue weighted by atomic mass is 9.89. The van der Waals surface area contributed by atoms with Gasteiger partial charge in [0.2, 0.25) is 29.1 Å². The SMILES string of the molecule is CC(C)(C#N)CCCCOc1c(F)c(F)c(F)c(F)c1F. The van der Waals surface area contributed by atoms with Gasteiger partial charge in [0.25, 0.3) is 0 Å². The molecule has 0 N–H and O–H groups in total. The number of benzene rings is 1. The molecule has 0 bridgehead atoms. The molecule has 1 aromatic rings. The van der Waals surface area contributed by atoms with Crippen LogP contribution < -0.4 is 4.74 Å². The molecule has 7 heteroatoms. The van der Waals surface area contributed by atoms with E-state index in [1.165, 1.54) is 0 Å². The molecule has 116 valence electrons. The molecule has 0 aliphatic heterocycles. The summed E-state index contributed by atoms with van der Waals surface area (Å²) in [6.45, 7) is 3.26. The number of hydrogen-bond acceptors (Lipinski definition) is 2. The predicted molar refractivity (Wildman–Crippen MR) is 65.0 cm³/mol. The molecule has 0 heterocycles. The van der Waals surface area contributed by atoms with Crippen molar-refractivity contribution in [3.8, 4) is 11.8 Å². The molecule has 0 saturated heterocycles. The average molecular weight is 307 g/mol. The lowest BCUT2D eigenvalue weighted by molar-refractivity contribution is 0.251. The molecule has 0 aliphatic rings. The van der Waals surface area contributed by atoms with Gasteiger partial charge in [0.05, 0.1) is 18.1 Å². The third-order valence-corrected chi connectivity index (χ3v) is 2.91. The normalized spacial score (nSPS) is 11.3. The van der Waals surface area contributed by atoms with Crippen LogP contribution in [-0.4, -0.2) is 6.61 Å². The van der Waals surface area contributed by atoms with E-state index in [4.69, 9.17) is 5.26 Å². The van der Waals surface area contributed by atoms with Gasteiger partial charge in [0.15, 0.2) is 5.75 Å². The fourth-order valence-corrected chi connectivity index (χ4v) is 1.61. The molecule has 0 fully saturated rings. The third-order valence-electron chi connectivity index (χ3n) is 2.91. The van der Waals surface area contributed by atoms with E-state index < -0.39 is 40.3 Å². The zero-order chi connectivity index (χ0) is 16.2. The van der Waals surface area contributed by atoms with Crippen molar-refractivity contribution in [2.45, 2.75) is 33.1 Å². The van der Waals surface area contributed by atoms with E-state index in [0.29, 0.717) is 19.3 Å². The first-order valence-electron chi connectivity index (χ1n) is 6.26. The number of nitriles is 1. The molecular formula is C14H14F5NO. The summed E-state index contributed by atoms with van der Waals surface area (Å²) in [5.74, 6) is -11.5. The molecule has 21 heavy (non-hydrogen) atoms. The highest BCUT2D eigenvalue weighted by Gasteiger charge is 2.26. The fraction of sp³-hybridized carbons (Fsp3) is 0.500. The van der Waals surface area contributed by atoms with Gasteiger partial charge in [-0.3, -0.25) is 0 Å². The standard InChI is InChI=1S/C14H14F5NO/c1-14(2,7-20)5-3-4-6-21-13-11(18)9(16)8(15)10(17)12(13)19/h3-6H2,1-2H3. The van der Waals surface area contributed by atoms with Gasteiger partial charge in [-0.25, -0.2) is 13.2 Å². The van der Waals surface area contributed by atoms with Crippen molar-refractivity contribution in [1.82, 2.24) is 0 Å². The molecule has 1 rings (SSSR count). The Kier molecular flexibility index (Phi) is 5.53. The van der Waals surface area contributed by atoms with Crippen LogP contribution in [0.25, 0.3) is 0 Å². The summed E-state index contributed by atoms with van der Waals surface area (Å²) < 4.78 is 69.8. The first-order chi connectivity index (χ1) is 9.71. The molecule has 0 unspecified atom stereocenters. The largest absolute Gasteiger partial charge is 0.487 e. The maximum Gasteiger partial charge on any atom is 0.206 e. The van der Waals surface area contributed by atoms with E-state index in [2.05, 4.69) is 10.8 Å².